The van der Waals surface area contributed by atoms with Crippen molar-refractivity contribution in [3.63, 3.8) is 0 Å². The van der Waals surface area contributed by atoms with Gasteiger partial charge in [-0.1, -0.05) is 19.8 Å². The third kappa shape index (κ3) is 2.40. The molecule has 5 heteroatoms. The van der Waals surface area contributed by atoms with Crippen LogP contribution in [0.4, 0.5) is 5.69 Å². The SMILES string of the molecule is Cc1cc(-c2nnnn2CC2CCCC2C)ccc1N. The molecular formula is C15H21N5. The Morgan fingerprint density at radius 2 is 2.20 bits per heavy atom. The van der Waals surface area contributed by atoms with Gasteiger partial charge in [0.25, 0.3) is 0 Å². The molecule has 5 nitrogen and oxygen atoms in total. The Morgan fingerprint density at radius 3 is 2.90 bits per heavy atom. The molecule has 1 fully saturated rings. The molecule has 0 amide bonds. The largest absolute Gasteiger partial charge is 0.399 e. The minimum absolute atomic E-state index is 0.687. The van der Waals surface area contributed by atoms with Gasteiger partial charge in [0.15, 0.2) is 5.82 Å². The number of hydrogen-bond donors (Lipinski definition) is 1. The average molecular weight is 271 g/mol. The molecule has 2 N–H and O–H groups in total. The number of nitrogens with two attached hydrogens (primary N) is 1. The maximum absolute atomic E-state index is 5.87. The summed E-state index contributed by atoms with van der Waals surface area (Å²) in [6.45, 7) is 5.24. The molecule has 106 valence electrons. The molecule has 2 unspecified atom stereocenters. The highest BCUT2D eigenvalue weighted by molar-refractivity contribution is 5.61. The van der Waals surface area contributed by atoms with E-state index in [9.17, 15) is 0 Å². The highest BCUT2D eigenvalue weighted by Crippen LogP contribution is 2.33. The van der Waals surface area contributed by atoms with Crippen molar-refractivity contribution >= 4 is 5.69 Å². The van der Waals surface area contributed by atoms with Crippen LogP contribution in [0.25, 0.3) is 11.4 Å². The van der Waals surface area contributed by atoms with Crippen molar-refractivity contribution in [3.8, 4) is 11.4 Å². The lowest BCUT2D eigenvalue weighted by Gasteiger charge is -2.15. The van der Waals surface area contributed by atoms with Crippen molar-refractivity contribution in [2.75, 3.05) is 5.73 Å². The predicted octanol–water partition coefficient (Wildman–Crippen LogP) is 2.67. The third-order valence-electron chi connectivity index (χ3n) is 4.51. The number of aryl methyl sites for hydroxylation is 1. The van der Waals surface area contributed by atoms with Crippen molar-refractivity contribution in [1.29, 1.82) is 0 Å². The number of nitrogen functional groups attached to an aromatic ring is 1. The lowest BCUT2D eigenvalue weighted by atomic mass is 9.98. The Labute approximate surface area is 119 Å². The van der Waals surface area contributed by atoms with Crippen LogP contribution in [0.5, 0.6) is 0 Å². The van der Waals surface area contributed by atoms with Gasteiger partial charge in [0, 0.05) is 17.8 Å². The highest BCUT2D eigenvalue weighted by atomic mass is 15.5. The van der Waals surface area contributed by atoms with Gasteiger partial charge in [-0.2, -0.15) is 0 Å². The number of rotatable bonds is 3. The van der Waals surface area contributed by atoms with Crippen LogP contribution >= 0.6 is 0 Å². The molecule has 1 aliphatic rings. The fourth-order valence-corrected chi connectivity index (χ4v) is 3.06. The van der Waals surface area contributed by atoms with Crippen molar-refractivity contribution in [2.45, 2.75) is 39.7 Å². The third-order valence-corrected chi connectivity index (χ3v) is 4.51. The summed E-state index contributed by atoms with van der Waals surface area (Å²) in [5.74, 6) is 2.29. The molecule has 1 aromatic heterocycles. The zero-order chi connectivity index (χ0) is 14.1. The first kappa shape index (κ1) is 13.1. The first-order valence-electron chi connectivity index (χ1n) is 7.28. The van der Waals surface area contributed by atoms with Crippen LogP contribution in [0.15, 0.2) is 18.2 Å². The van der Waals surface area contributed by atoms with Crippen LogP contribution in [0.3, 0.4) is 0 Å². The summed E-state index contributed by atoms with van der Waals surface area (Å²) in [7, 11) is 0. The maximum atomic E-state index is 5.87. The Bertz CT molecular complexity index is 604. The Hall–Kier alpha value is -1.91. The summed E-state index contributed by atoms with van der Waals surface area (Å²) in [5.41, 5.74) is 8.77. The number of anilines is 1. The van der Waals surface area contributed by atoms with Crippen molar-refractivity contribution < 1.29 is 0 Å². The number of benzene rings is 1. The van der Waals surface area contributed by atoms with E-state index in [0.29, 0.717) is 5.92 Å². The highest BCUT2D eigenvalue weighted by Gasteiger charge is 2.25. The quantitative estimate of drug-likeness (QED) is 0.871. The first-order valence-corrected chi connectivity index (χ1v) is 7.28. The molecule has 2 aromatic rings. The van der Waals surface area contributed by atoms with Crippen LogP contribution < -0.4 is 5.73 Å². The molecule has 1 aliphatic carbocycles. The van der Waals surface area contributed by atoms with Gasteiger partial charge in [-0.3, -0.25) is 0 Å². The molecule has 0 aliphatic heterocycles. The molecule has 3 rings (SSSR count). The zero-order valence-electron chi connectivity index (χ0n) is 12.1. The van der Waals surface area contributed by atoms with Gasteiger partial charge in [-0.25, -0.2) is 4.68 Å². The van der Waals surface area contributed by atoms with Crippen LogP contribution in [0, 0.1) is 18.8 Å². The van der Waals surface area contributed by atoms with Crippen molar-refractivity contribution in [1.82, 2.24) is 20.2 Å². The van der Waals surface area contributed by atoms with Gasteiger partial charge >= 0.3 is 0 Å². The van der Waals surface area contributed by atoms with Crippen molar-refractivity contribution in [2.24, 2.45) is 11.8 Å². The number of hydrogen-bond acceptors (Lipinski definition) is 4. The molecule has 0 radical (unpaired) electrons. The number of aromatic nitrogens is 4. The van der Waals surface area contributed by atoms with Crippen LogP contribution in [0.2, 0.25) is 0 Å². The maximum Gasteiger partial charge on any atom is 0.182 e. The van der Waals surface area contributed by atoms with Gasteiger partial charge in [-0.15, -0.1) is 5.10 Å². The van der Waals surface area contributed by atoms with Crippen LogP contribution in [-0.4, -0.2) is 20.2 Å². The van der Waals surface area contributed by atoms with Gasteiger partial charge in [0.05, 0.1) is 0 Å². The van der Waals surface area contributed by atoms with Gasteiger partial charge < -0.3 is 5.73 Å². The first-order chi connectivity index (χ1) is 9.65. The average Bonchev–Trinajstić information content (AvgIpc) is 3.04. The molecule has 0 spiro atoms. The van der Waals surface area contributed by atoms with E-state index >= 15 is 0 Å². The fourth-order valence-electron chi connectivity index (χ4n) is 3.06. The normalized spacial score (nSPS) is 22.3. The number of tetrazole rings is 1. The van der Waals surface area contributed by atoms with Gasteiger partial charge in [-0.05, 0) is 59.4 Å². The minimum atomic E-state index is 0.687. The van der Waals surface area contributed by atoms with E-state index in [1.54, 1.807) is 0 Å². The molecule has 2 atom stereocenters. The van der Waals surface area contributed by atoms with E-state index in [1.165, 1.54) is 19.3 Å². The molecule has 20 heavy (non-hydrogen) atoms. The second-order valence-corrected chi connectivity index (χ2v) is 5.92. The van der Waals surface area contributed by atoms with Gasteiger partial charge in [0.1, 0.15) is 0 Å². The van der Waals surface area contributed by atoms with E-state index in [1.807, 2.05) is 23.7 Å². The van der Waals surface area contributed by atoms with E-state index < -0.39 is 0 Å². The summed E-state index contributed by atoms with van der Waals surface area (Å²) in [6, 6.07) is 5.96. The van der Waals surface area contributed by atoms with Crippen molar-refractivity contribution in [3.05, 3.63) is 23.8 Å². The summed E-state index contributed by atoms with van der Waals surface area (Å²) in [4.78, 5) is 0. The summed E-state index contributed by atoms with van der Waals surface area (Å²) >= 11 is 0. The van der Waals surface area contributed by atoms with Crippen LogP contribution in [0.1, 0.15) is 31.7 Å². The van der Waals surface area contributed by atoms with E-state index in [-0.39, 0.29) is 0 Å². The topological polar surface area (TPSA) is 69.6 Å². The summed E-state index contributed by atoms with van der Waals surface area (Å²) in [6.07, 6.45) is 3.93. The smallest absolute Gasteiger partial charge is 0.182 e. The standard InChI is InChI=1S/C15H21N5/c1-10-4-3-5-13(10)9-20-15(17-18-19-20)12-6-7-14(16)11(2)8-12/h6-8,10,13H,3-5,9,16H2,1-2H3. The van der Waals surface area contributed by atoms with Gasteiger partial charge in [0.2, 0.25) is 0 Å². The molecule has 1 aromatic carbocycles. The molecule has 1 heterocycles. The van der Waals surface area contributed by atoms with E-state index in [0.717, 1.165) is 35.1 Å². The Morgan fingerprint density at radius 1 is 1.35 bits per heavy atom. The zero-order valence-corrected chi connectivity index (χ0v) is 12.1. The Kier molecular flexibility index (Phi) is 3.42. The second-order valence-electron chi connectivity index (χ2n) is 5.92. The lowest BCUT2D eigenvalue weighted by molar-refractivity contribution is 0.346. The van der Waals surface area contributed by atoms with E-state index in [2.05, 4.69) is 28.5 Å². The number of nitrogens with zero attached hydrogens (tertiary/aromatic N) is 4. The molecule has 1 saturated carbocycles. The minimum Gasteiger partial charge on any atom is -0.399 e. The predicted molar refractivity (Wildman–Crippen MR) is 78.9 cm³/mol. The molecule has 0 saturated heterocycles. The fraction of sp³-hybridized carbons (Fsp3) is 0.533. The van der Waals surface area contributed by atoms with E-state index in [4.69, 9.17) is 5.73 Å². The lowest BCUT2D eigenvalue weighted by Crippen LogP contribution is -2.15. The molecule has 0 bridgehead atoms. The summed E-state index contributed by atoms with van der Waals surface area (Å²) in [5, 5.41) is 12.2. The van der Waals surface area contributed by atoms with Crippen LogP contribution in [-0.2, 0) is 6.54 Å². The monoisotopic (exact) mass is 271 g/mol. The molecular weight excluding hydrogens is 250 g/mol. The second kappa shape index (κ2) is 5.23. The Balaban J connectivity index is 1.87. The summed E-state index contributed by atoms with van der Waals surface area (Å²) < 4.78 is 1.94.